The fraction of sp³-hybridized carbons (Fsp3) is 0.423. The molecule has 12 heteroatoms. The van der Waals surface area contributed by atoms with Crippen molar-refractivity contribution in [1.82, 2.24) is 29.7 Å². The number of pyridine rings is 1. The van der Waals surface area contributed by atoms with Gasteiger partial charge in [0.05, 0.1) is 29.0 Å². The Balaban J connectivity index is 1.53. The number of rotatable bonds is 9. The Hall–Kier alpha value is -3.70. The summed E-state index contributed by atoms with van der Waals surface area (Å²) in [6, 6.07) is 7.35. The first-order valence-electron chi connectivity index (χ1n) is 12.3. The van der Waals surface area contributed by atoms with Crippen LogP contribution < -0.4 is 20.5 Å². The molecule has 0 unspecified atom stereocenters. The Labute approximate surface area is 226 Å². The molecule has 202 valence electrons. The second-order valence-electron chi connectivity index (χ2n) is 9.47. The molecule has 2 aromatic heterocycles. The van der Waals surface area contributed by atoms with Crippen molar-refractivity contribution in [2.75, 3.05) is 65.4 Å². The number of aryl methyl sites for hydroxylation is 1. The molecule has 1 N–H and O–H groups in total. The zero-order valence-electron chi connectivity index (χ0n) is 22.0. The number of nitrogens with one attached hydrogen (secondary N) is 1. The van der Waals surface area contributed by atoms with Crippen LogP contribution in [0.2, 0.25) is 5.02 Å². The van der Waals surface area contributed by atoms with Crippen LogP contribution in [0.25, 0.3) is 10.9 Å². The number of aromatic nitrogens is 3. The highest BCUT2D eigenvalue weighted by atomic mass is 35.5. The van der Waals surface area contributed by atoms with Gasteiger partial charge in [-0.15, -0.1) is 0 Å². The molecule has 1 fully saturated rings. The van der Waals surface area contributed by atoms with Crippen molar-refractivity contribution < 1.29 is 14.3 Å². The molecule has 3 aromatic rings. The summed E-state index contributed by atoms with van der Waals surface area (Å²) in [7, 11) is 7.14. The van der Waals surface area contributed by atoms with E-state index in [9.17, 15) is 14.4 Å². The van der Waals surface area contributed by atoms with Crippen LogP contribution in [0.5, 0.6) is 5.75 Å². The highest BCUT2D eigenvalue weighted by Crippen LogP contribution is 2.24. The van der Waals surface area contributed by atoms with Gasteiger partial charge in [0, 0.05) is 52.1 Å². The van der Waals surface area contributed by atoms with Crippen molar-refractivity contribution in [2.24, 2.45) is 7.05 Å². The van der Waals surface area contributed by atoms with Gasteiger partial charge in [-0.3, -0.25) is 14.4 Å². The SMILES string of the molecule is CNC(=O)COc1cc2cc(Cc3nc(N4CCN(CCN(C)C)C(=O)C4)ncc3Cl)ccc2n(C)c1=O. The largest absolute Gasteiger partial charge is 0.478 e. The minimum Gasteiger partial charge on any atom is -0.478 e. The van der Waals surface area contributed by atoms with Crippen molar-refractivity contribution in [3.63, 3.8) is 0 Å². The Morgan fingerprint density at radius 3 is 2.71 bits per heavy atom. The fourth-order valence-electron chi connectivity index (χ4n) is 4.23. The van der Waals surface area contributed by atoms with E-state index in [0.717, 1.165) is 23.0 Å². The molecule has 1 aliphatic rings. The topological polar surface area (TPSA) is 113 Å². The van der Waals surface area contributed by atoms with E-state index in [1.54, 1.807) is 19.3 Å². The van der Waals surface area contributed by atoms with E-state index in [4.69, 9.17) is 21.3 Å². The average Bonchev–Trinajstić information content (AvgIpc) is 2.90. The molecule has 0 saturated carbocycles. The summed E-state index contributed by atoms with van der Waals surface area (Å²) < 4.78 is 6.95. The molecular weight excluding hydrogens is 510 g/mol. The van der Waals surface area contributed by atoms with Gasteiger partial charge in [-0.25, -0.2) is 9.97 Å². The minimum absolute atomic E-state index is 0.0489. The van der Waals surface area contributed by atoms with Crippen LogP contribution >= 0.6 is 11.6 Å². The predicted molar refractivity (Wildman–Crippen MR) is 146 cm³/mol. The normalized spacial score (nSPS) is 13.9. The quantitative estimate of drug-likeness (QED) is 0.425. The number of piperazine rings is 1. The molecule has 3 heterocycles. The fourth-order valence-corrected chi connectivity index (χ4v) is 4.39. The standard InChI is InChI=1S/C26H32ClN7O4/c1-28-23(35)16-38-22-13-18-11-17(5-6-21(18)32(4)25(22)37)12-20-19(27)14-29-26(30-20)34-10-9-33(24(36)15-34)8-7-31(2)3/h5-6,11,13-14H,7-10,12,15-16H2,1-4H3,(H,28,35). The second kappa shape index (κ2) is 11.8. The summed E-state index contributed by atoms with van der Waals surface area (Å²) in [4.78, 5) is 51.7. The number of carbonyl (C=O) groups excluding carboxylic acids is 2. The van der Waals surface area contributed by atoms with E-state index >= 15 is 0 Å². The summed E-state index contributed by atoms with van der Waals surface area (Å²) >= 11 is 6.46. The molecule has 11 nitrogen and oxygen atoms in total. The Morgan fingerprint density at radius 2 is 2.00 bits per heavy atom. The molecule has 1 saturated heterocycles. The van der Waals surface area contributed by atoms with Crippen LogP contribution in [-0.4, -0.2) is 96.6 Å². The molecule has 0 bridgehead atoms. The molecular formula is C26H32ClN7O4. The number of ether oxygens (including phenoxy) is 1. The number of anilines is 1. The molecule has 2 amide bonds. The summed E-state index contributed by atoms with van der Waals surface area (Å²) in [6.07, 6.45) is 2.00. The van der Waals surface area contributed by atoms with Gasteiger partial charge >= 0.3 is 0 Å². The maximum Gasteiger partial charge on any atom is 0.293 e. The molecule has 38 heavy (non-hydrogen) atoms. The van der Waals surface area contributed by atoms with Gasteiger partial charge in [-0.05, 0) is 37.9 Å². The van der Waals surface area contributed by atoms with Crippen molar-refractivity contribution >= 4 is 40.3 Å². The Morgan fingerprint density at radius 1 is 1.21 bits per heavy atom. The molecule has 0 atom stereocenters. The molecule has 1 aromatic carbocycles. The van der Waals surface area contributed by atoms with Crippen LogP contribution in [-0.2, 0) is 23.1 Å². The lowest BCUT2D eigenvalue weighted by molar-refractivity contribution is -0.131. The van der Waals surface area contributed by atoms with Gasteiger partial charge < -0.3 is 29.3 Å². The molecule has 4 rings (SSSR count). The number of benzene rings is 1. The van der Waals surface area contributed by atoms with E-state index in [2.05, 4.69) is 15.2 Å². The smallest absolute Gasteiger partial charge is 0.293 e. The van der Waals surface area contributed by atoms with E-state index in [1.165, 1.54) is 11.6 Å². The lowest BCUT2D eigenvalue weighted by atomic mass is 10.1. The number of halogens is 1. The number of nitrogens with zero attached hydrogens (tertiary/aromatic N) is 6. The van der Waals surface area contributed by atoms with Crippen molar-refractivity contribution in [2.45, 2.75) is 6.42 Å². The summed E-state index contributed by atoms with van der Waals surface area (Å²) in [5.74, 6) is 0.287. The minimum atomic E-state index is -0.327. The second-order valence-corrected chi connectivity index (χ2v) is 9.88. The predicted octanol–water partition coefficient (Wildman–Crippen LogP) is 0.908. The van der Waals surface area contributed by atoms with E-state index < -0.39 is 0 Å². The molecule has 0 spiro atoms. The molecule has 0 aliphatic carbocycles. The lowest BCUT2D eigenvalue weighted by Gasteiger charge is -2.35. The van der Waals surface area contributed by atoms with Gasteiger partial charge in [0.2, 0.25) is 11.9 Å². The number of carbonyl (C=O) groups is 2. The highest BCUT2D eigenvalue weighted by Gasteiger charge is 2.26. The van der Waals surface area contributed by atoms with Crippen molar-refractivity contribution in [3.05, 3.63) is 57.1 Å². The van der Waals surface area contributed by atoms with Gasteiger partial charge in [0.1, 0.15) is 0 Å². The maximum absolute atomic E-state index is 12.7. The number of likely N-dealkylation sites (N-methyl/N-ethyl adjacent to an activating group) is 2. The van der Waals surface area contributed by atoms with E-state index in [-0.39, 0.29) is 36.3 Å². The van der Waals surface area contributed by atoms with Gasteiger partial charge in [-0.1, -0.05) is 17.7 Å². The van der Waals surface area contributed by atoms with Crippen molar-refractivity contribution in [3.8, 4) is 5.75 Å². The van der Waals surface area contributed by atoms with Gasteiger partial charge in [0.25, 0.3) is 11.5 Å². The highest BCUT2D eigenvalue weighted by molar-refractivity contribution is 6.31. The van der Waals surface area contributed by atoms with Crippen LogP contribution in [0.1, 0.15) is 11.3 Å². The third kappa shape index (κ3) is 6.22. The number of hydrogen-bond acceptors (Lipinski definition) is 8. The Kier molecular flexibility index (Phi) is 8.48. The summed E-state index contributed by atoms with van der Waals surface area (Å²) in [6.45, 7) is 2.73. The van der Waals surface area contributed by atoms with Crippen LogP contribution in [0, 0.1) is 0 Å². The molecule has 0 radical (unpaired) electrons. The van der Waals surface area contributed by atoms with Gasteiger partial charge in [-0.2, -0.15) is 0 Å². The van der Waals surface area contributed by atoms with Crippen LogP contribution in [0.15, 0.2) is 35.3 Å². The first-order chi connectivity index (χ1) is 18.2. The first-order valence-corrected chi connectivity index (χ1v) is 12.7. The zero-order valence-corrected chi connectivity index (χ0v) is 22.8. The van der Waals surface area contributed by atoms with Crippen LogP contribution in [0.3, 0.4) is 0 Å². The molecule has 1 aliphatic heterocycles. The third-order valence-electron chi connectivity index (χ3n) is 6.49. The third-order valence-corrected chi connectivity index (χ3v) is 6.80. The summed E-state index contributed by atoms with van der Waals surface area (Å²) in [5, 5.41) is 3.68. The monoisotopic (exact) mass is 541 g/mol. The first kappa shape index (κ1) is 27.3. The maximum atomic E-state index is 12.7. The van der Waals surface area contributed by atoms with E-state index in [0.29, 0.717) is 42.7 Å². The van der Waals surface area contributed by atoms with E-state index in [1.807, 2.05) is 42.1 Å². The van der Waals surface area contributed by atoms with Crippen LogP contribution in [0.4, 0.5) is 5.95 Å². The van der Waals surface area contributed by atoms with Crippen molar-refractivity contribution in [1.29, 1.82) is 0 Å². The zero-order chi connectivity index (χ0) is 27.4. The number of fused-ring (bicyclic) bond motifs is 1. The lowest BCUT2D eigenvalue weighted by Crippen LogP contribution is -2.52. The number of hydrogen-bond donors (Lipinski definition) is 1. The van der Waals surface area contributed by atoms with Gasteiger partial charge in [0.15, 0.2) is 12.4 Å². The average molecular weight is 542 g/mol. The Bertz CT molecular complexity index is 1410. The summed E-state index contributed by atoms with van der Waals surface area (Å²) in [5.41, 5.74) is 1.96. The number of amides is 2.